The summed E-state index contributed by atoms with van der Waals surface area (Å²) in [6, 6.07) is 14.9. The minimum atomic E-state index is 0.582. The highest BCUT2D eigenvalue weighted by atomic mass is 32.1. The van der Waals surface area contributed by atoms with Crippen LogP contribution >= 0.6 is 11.3 Å². The Morgan fingerprint density at radius 1 is 1.11 bits per heavy atom. The average Bonchev–Trinajstić information content (AvgIpc) is 2.79. The summed E-state index contributed by atoms with van der Waals surface area (Å²) in [4.78, 5) is 5.81. The van der Waals surface area contributed by atoms with E-state index in [1.54, 1.807) is 11.3 Å². The van der Waals surface area contributed by atoms with Gasteiger partial charge in [0.05, 0.1) is 10.7 Å². The van der Waals surface area contributed by atoms with Crippen molar-refractivity contribution in [3.05, 3.63) is 63.6 Å². The minimum Gasteiger partial charge on any atom is -0.326 e. The summed E-state index contributed by atoms with van der Waals surface area (Å²) in [7, 11) is 0. The van der Waals surface area contributed by atoms with Gasteiger partial charge < -0.3 is 5.73 Å². The van der Waals surface area contributed by atoms with Crippen LogP contribution in [0.4, 0.5) is 0 Å². The number of benzene rings is 2. The largest absolute Gasteiger partial charge is 0.326 e. The third kappa shape index (κ3) is 2.39. The van der Waals surface area contributed by atoms with E-state index in [0.29, 0.717) is 6.54 Å². The lowest BCUT2D eigenvalue weighted by molar-refractivity contribution is 1.04. The Kier molecular flexibility index (Phi) is 3.32. The summed E-state index contributed by atoms with van der Waals surface area (Å²) in [5, 5.41) is 3.74. The van der Waals surface area contributed by atoms with Gasteiger partial charge in [0.1, 0.15) is 0 Å². The number of thiazole rings is 1. The molecule has 0 aliphatic heterocycles. The lowest BCUT2D eigenvalue weighted by atomic mass is 10.0. The molecule has 2 N–H and O–H groups in total. The van der Waals surface area contributed by atoms with Crippen molar-refractivity contribution in [2.75, 3.05) is 0 Å². The standard InChI is InChI=1S/C16H16N2S/c1-11-15(10-17)19-16(18-11)9-13-7-4-6-12-5-2-3-8-14(12)13/h2-8H,9-10,17H2,1H3. The molecule has 3 rings (SSSR count). The van der Waals surface area contributed by atoms with Crippen LogP contribution in [0.15, 0.2) is 42.5 Å². The number of fused-ring (bicyclic) bond motifs is 1. The van der Waals surface area contributed by atoms with Crippen LogP contribution in [-0.2, 0) is 13.0 Å². The quantitative estimate of drug-likeness (QED) is 0.787. The molecule has 0 saturated carbocycles. The van der Waals surface area contributed by atoms with Crippen LogP contribution < -0.4 is 5.73 Å². The lowest BCUT2D eigenvalue weighted by Gasteiger charge is -2.04. The predicted molar refractivity (Wildman–Crippen MR) is 81.5 cm³/mol. The van der Waals surface area contributed by atoms with Crippen molar-refractivity contribution in [1.82, 2.24) is 4.98 Å². The van der Waals surface area contributed by atoms with Crippen LogP contribution in [0, 0.1) is 6.92 Å². The van der Waals surface area contributed by atoms with Gasteiger partial charge in [0.25, 0.3) is 0 Å². The van der Waals surface area contributed by atoms with E-state index in [2.05, 4.69) is 47.4 Å². The van der Waals surface area contributed by atoms with Crippen molar-refractivity contribution in [1.29, 1.82) is 0 Å². The molecule has 0 aliphatic carbocycles. The molecule has 0 fully saturated rings. The number of nitrogens with two attached hydrogens (primary N) is 1. The van der Waals surface area contributed by atoms with Gasteiger partial charge in [-0.1, -0.05) is 42.5 Å². The number of hydrogen-bond donors (Lipinski definition) is 1. The molecule has 0 unspecified atom stereocenters. The van der Waals surface area contributed by atoms with E-state index < -0.39 is 0 Å². The first kappa shape index (κ1) is 12.3. The molecular weight excluding hydrogens is 252 g/mol. The van der Waals surface area contributed by atoms with Gasteiger partial charge in [-0.05, 0) is 23.3 Å². The Hall–Kier alpha value is -1.71. The maximum atomic E-state index is 5.72. The van der Waals surface area contributed by atoms with Gasteiger partial charge in [-0.25, -0.2) is 4.98 Å². The molecule has 0 amide bonds. The highest BCUT2D eigenvalue weighted by Crippen LogP contribution is 2.24. The first-order valence-corrected chi connectivity index (χ1v) is 7.21. The van der Waals surface area contributed by atoms with E-state index in [1.807, 2.05) is 6.92 Å². The van der Waals surface area contributed by atoms with E-state index in [-0.39, 0.29) is 0 Å². The Morgan fingerprint density at radius 2 is 1.89 bits per heavy atom. The second-order valence-corrected chi connectivity index (χ2v) is 5.80. The summed E-state index contributed by atoms with van der Waals surface area (Å²) in [5.41, 5.74) is 8.12. The maximum absolute atomic E-state index is 5.72. The maximum Gasteiger partial charge on any atom is 0.0975 e. The summed E-state index contributed by atoms with van der Waals surface area (Å²) in [6.45, 7) is 2.62. The topological polar surface area (TPSA) is 38.9 Å². The van der Waals surface area contributed by atoms with Gasteiger partial charge in [-0.15, -0.1) is 11.3 Å². The van der Waals surface area contributed by atoms with Gasteiger partial charge >= 0.3 is 0 Å². The van der Waals surface area contributed by atoms with E-state index >= 15 is 0 Å². The summed E-state index contributed by atoms with van der Waals surface area (Å²) in [5.74, 6) is 0. The number of hydrogen-bond acceptors (Lipinski definition) is 3. The van der Waals surface area contributed by atoms with Crippen molar-refractivity contribution in [2.24, 2.45) is 5.73 Å². The SMILES string of the molecule is Cc1nc(Cc2cccc3ccccc23)sc1CN. The van der Waals surface area contributed by atoms with Gasteiger partial charge in [-0.2, -0.15) is 0 Å². The van der Waals surface area contributed by atoms with Crippen molar-refractivity contribution in [3.8, 4) is 0 Å². The zero-order valence-electron chi connectivity index (χ0n) is 10.9. The third-order valence-electron chi connectivity index (χ3n) is 3.34. The number of nitrogens with zero attached hydrogens (tertiary/aromatic N) is 1. The van der Waals surface area contributed by atoms with E-state index in [0.717, 1.165) is 17.1 Å². The zero-order chi connectivity index (χ0) is 13.2. The second kappa shape index (κ2) is 5.11. The summed E-state index contributed by atoms with van der Waals surface area (Å²) >= 11 is 1.73. The highest BCUT2D eigenvalue weighted by Gasteiger charge is 2.08. The number of aryl methyl sites for hydroxylation is 1. The molecule has 0 radical (unpaired) electrons. The smallest absolute Gasteiger partial charge is 0.0975 e. The van der Waals surface area contributed by atoms with E-state index in [4.69, 9.17) is 5.73 Å². The van der Waals surface area contributed by atoms with Gasteiger partial charge in [-0.3, -0.25) is 0 Å². The van der Waals surface area contributed by atoms with Crippen LogP contribution in [0.2, 0.25) is 0 Å². The number of aromatic nitrogens is 1. The summed E-state index contributed by atoms with van der Waals surface area (Å²) in [6.07, 6.45) is 0.882. The van der Waals surface area contributed by atoms with Crippen molar-refractivity contribution in [3.63, 3.8) is 0 Å². The Bertz CT molecular complexity index is 710. The Balaban J connectivity index is 2.00. The van der Waals surface area contributed by atoms with Gasteiger partial charge in [0.2, 0.25) is 0 Å². The minimum absolute atomic E-state index is 0.582. The average molecular weight is 268 g/mol. The fourth-order valence-electron chi connectivity index (χ4n) is 2.36. The molecule has 96 valence electrons. The molecule has 0 bridgehead atoms. The molecule has 1 aromatic heterocycles. The van der Waals surface area contributed by atoms with E-state index in [1.165, 1.54) is 21.2 Å². The first-order valence-electron chi connectivity index (χ1n) is 6.40. The second-order valence-electron chi connectivity index (χ2n) is 4.64. The predicted octanol–water partition coefficient (Wildman–Crippen LogP) is 3.65. The van der Waals surface area contributed by atoms with Crippen LogP contribution in [0.3, 0.4) is 0 Å². The third-order valence-corrected chi connectivity index (χ3v) is 4.52. The monoisotopic (exact) mass is 268 g/mol. The highest BCUT2D eigenvalue weighted by molar-refractivity contribution is 7.11. The van der Waals surface area contributed by atoms with Gasteiger partial charge in [0, 0.05) is 17.8 Å². The van der Waals surface area contributed by atoms with Gasteiger partial charge in [0.15, 0.2) is 0 Å². The molecule has 3 aromatic rings. The molecule has 0 saturated heterocycles. The molecule has 1 heterocycles. The van der Waals surface area contributed by atoms with Crippen LogP contribution in [0.25, 0.3) is 10.8 Å². The molecule has 19 heavy (non-hydrogen) atoms. The molecule has 3 heteroatoms. The lowest BCUT2D eigenvalue weighted by Crippen LogP contribution is -1.94. The van der Waals surface area contributed by atoms with Crippen LogP contribution in [-0.4, -0.2) is 4.98 Å². The summed E-state index contributed by atoms with van der Waals surface area (Å²) < 4.78 is 0. The Labute approximate surface area is 116 Å². The van der Waals surface area contributed by atoms with E-state index in [9.17, 15) is 0 Å². The normalized spacial score (nSPS) is 11.1. The van der Waals surface area contributed by atoms with Crippen LogP contribution in [0.1, 0.15) is 21.1 Å². The molecule has 0 aliphatic rings. The first-order chi connectivity index (χ1) is 9.28. The fourth-order valence-corrected chi connectivity index (χ4v) is 3.33. The van der Waals surface area contributed by atoms with Crippen LogP contribution in [0.5, 0.6) is 0 Å². The number of rotatable bonds is 3. The Morgan fingerprint density at radius 3 is 2.68 bits per heavy atom. The zero-order valence-corrected chi connectivity index (χ0v) is 11.7. The molecular formula is C16H16N2S. The van der Waals surface area contributed by atoms with Crippen molar-refractivity contribution >= 4 is 22.1 Å². The van der Waals surface area contributed by atoms with Crippen molar-refractivity contribution in [2.45, 2.75) is 19.9 Å². The molecule has 0 spiro atoms. The molecule has 2 nitrogen and oxygen atoms in total. The fraction of sp³-hybridized carbons (Fsp3) is 0.188. The van der Waals surface area contributed by atoms with Crippen molar-refractivity contribution < 1.29 is 0 Å². The molecule has 0 atom stereocenters. The molecule has 2 aromatic carbocycles.